The zero-order valence-corrected chi connectivity index (χ0v) is 10.5. The molecule has 4 unspecified atom stereocenters. The fourth-order valence-corrected chi connectivity index (χ4v) is 4.49. The Kier molecular flexibility index (Phi) is 2.68. The third kappa shape index (κ3) is 1.87. The number of hydrogen-bond acceptors (Lipinski definition) is 0. The highest BCUT2D eigenvalue weighted by Gasteiger charge is 2.43. The fourth-order valence-electron chi connectivity index (χ4n) is 4.49. The second kappa shape index (κ2) is 3.93. The van der Waals surface area contributed by atoms with E-state index in [1.54, 1.807) is 0 Å². The molecule has 0 heterocycles. The molecular formula is C15H23B. The summed E-state index contributed by atoms with van der Waals surface area (Å²) in [7, 11) is 6.34. The Bertz CT molecular complexity index is 266. The van der Waals surface area contributed by atoms with E-state index < -0.39 is 0 Å². The van der Waals surface area contributed by atoms with Crippen molar-refractivity contribution >= 4 is 7.85 Å². The van der Waals surface area contributed by atoms with Crippen LogP contribution in [0.1, 0.15) is 51.9 Å². The monoisotopic (exact) mass is 214 g/mol. The summed E-state index contributed by atoms with van der Waals surface area (Å²) in [6.45, 7) is 2.25. The molecule has 1 heteroatoms. The predicted molar refractivity (Wildman–Crippen MR) is 69.5 cm³/mol. The first-order valence-corrected chi connectivity index (χ1v) is 7.13. The van der Waals surface area contributed by atoms with Crippen LogP contribution >= 0.6 is 0 Å². The minimum absolute atomic E-state index is 0.116. The first kappa shape index (κ1) is 10.9. The van der Waals surface area contributed by atoms with E-state index in [0.717, 1.165) is 23.7 Å². The summed E-state index contributed by atoms with van der Waals surface area (Å²) in [5.41, 5.74) is 0. The van der Waals surface area contributed by atoms with Gasteiger partial charge in [-0.05, 0) is 42.9 Å². The smallest absolute Gasteiger partial charge is 0.0742 e. The maximum absolute atomic E-state index is 6.34. The zero-order valence-electron chi connectivity index (χ0n) is 10.5. The Morgan fingerprint density at radius 2 is 1.50 bits per heavy atom. The van der Waals surface area contributed by atoms with E-state index >= 15 is 0 Å². The van der Waals surface area contributed by atoms with Crippen LogP contribution in [0.4, 0.5) is 0 Å². The molecule has 3 aliphatic rings. The number of hydrogen-bond donors (Lipinski definition) is 0. The van der Waals surface area contributed by atoms with Gasteiger partial charge in [0.15, 0.2) is 0 Å². The van der Waals surface area contributed by atoms with Gasteiger partial charge in [-0.2, -0.15) is 0 Å². The van der Waals surface area contributed by atoms with Crippen molar-refractivity contribution in [3.8, 4) is 0 Å². The summed E-state index contributed by atoms with van der Waals surface area (Å²) in [5, 5.41) is 0.116. The number of allylic oxidation sites excluding steroid dienone is 2. The van der Waals surface area contributed by atoms with E-state index in [1.807, 2.05) is 0 Å². The molecular weight excluding hydrogens is 191 g/mol. The molecule has 0 aliphatic heterocycles. The van der Waals surface area contributed by atoms with Gasteiger partial charge >= 0.3 is 0 Å². The van der Waals surface area contributed by atoms with Crippen LogP contribution in [0.15, 0.2) is 12.2 Å². The van der Waals surface area contributed by atoms with Crippen molar-refractivity contribution in [3.63, 3.8) is 0 Å². The summed E-state index contributed by atoms with van der Waals surface area (Å²) in [4.78, 5) is 0. The molecule has 0 amide bonds. The second-order valence-electron chi connectivity index (χ2n) is 6.71. The molecule has 2 saturated carbocycles. The van der Waals surface area contributed by atoms with Gasteiger partial charge in [-0.25, -0.2) is 0 Å². The van der Waals surface area contributed by atoms with Gasteiger partial charge in [-0.15, -0.1) is 0 Å². The average Bonchev–Trinajstić information content (AvgIpc) is 2.79. The SMILES string of the molecule is [B]C1(C)CCCC2C3C=CC(C3)C2CCC1. The van der Waals surface area contributed by atoms with Gasteiger partial charge in [-0.3, -0.25) is 0 Å². The van der Waals surface area contributed by atoms with Gasteiger partial charge in [0.25, 0.3) is 0 Å². The Morgan fingerprint density at radius 1 is 1.00 bits per heavy atom. The third-order valence-electron chi connectivity index (χ3n) is 5.37. The molecule has 0 saturated heterocycles. The fraction of sp³-hybridized carbons (Fsp3) is 0.867. The van der Waals surface area contributed by atoms with Crippen molar-refractivity contribution in [1.29, 1.82) is 0 Å². The molecule has 0 aromatic heterocycles. The molecule has 2 fully saturated rings. The van der Waals surface area contributed by atoms with Crippen molar-refractivity contribution in [2.24, 2.45) is 23.7 Å². The number of fused-ring (bicyclic) bond motifs is 5. The van der Waals surface area contributed by atoms with Crippen LogP contribution in [0.5, 0.6) is 0 Å². The Hall–Kier alpha value is -0.195. The van der Waals surface area contributed by atoms with Crippen molar-refractivity contribution in [2.45, 2.75) is 57.2 Å². The maximum Gasteiger partial charge on any atom is 0.0742 e. The first-order valence-electron chi connectivity index (χ1n) is 7.13. The summed E-state index contributed by atoms with van der Waals surface area (Å²) >= 11 is 0. The lowest BCUT2D eigenvalue weighted by Crippen LogP contribution is -2.19. The van der Waals surface area contributed by atoms with Gasteiger partial charge in [0, 0.05) is 0 Å². The largest absolute Gasteiger partial charge is 0.0848 e. The normalized spacial score (nSPS) is 51.8. The highest BCUT2D eigenvalue weighted by molar-refractivity contribution is 6.14. The molecule has 0 aromatic rings. The zero-order chi connectivity index (χ0) is 11.2. The highest BCUT2D eigenvalue weighted by Crippen LogP contribution is 2.53. The molecule has 2 bridgehead atoms. The molecule has 0 N–H and O–H groups in total. The quantitative estimate of drug-likeness (QED) is 0.420. The minimum Gasteiger partial charge on any atom is -0.0848 e. The maximum atomic E-state index is 6.34. The Balaban J connectivity index is 1.72. The van der Waals surface area contributed by atoms with E-state index in [2.05, 4.69) is 19.1 Å². The summed E-state index contributed by atoms with van der Waals surface area (Å²) < 4.78 is 0. The Labute approximate surface area is 101 Å². The molecule has 2 radical (unpaired) electrons. The summed E-state index contributed by atoms with van der Waals surface area (Å²) in [6, 6.07) is 0. The number of rotatable bonds is 0. The summed E-state index contributed by atoms with van der Waals surface area (Å²) in [5.74, 6) is 3.86. The van der Waals surface area contributed by atoms with E-state index in [-0.39, 0.29) is 5.31 Å². The molecule has 4 atom stereocenters. The average molecular weight is 214 g/mol. The van der Waals surface area contributed by atoms with E-state index in [0.29, 0.717) is 0 Å². The van der Waals surface area contributed by atoms with Crippen LogP contribution in [0.3, 0.4) is 0 Å². The molecule has 3 rings (SSSR count). The molecule has 3 aliphatic carbocycles. The first-order chi connectivity index (χ1) is 7.66. The van der Waals surface area contributed by atoms with Crippen LogP contribution in [-0.2, 0) is 0 Å². The lowest BCUT2D eigenvalue weighted by atomic mass is 9.64. The summed E-state index contributed by atoms with van der Waals surface area (Å²) in [6.07, 6.45) is 14.5. The molecule has 0 nitrogen and oxygen atoms in total. The van der Waals surface area contributed by atoms with Gasteiger partial charge in [-0.1, -0.05) is 50.1 Å². The second-order valence-corrected chi connectivity index (χ2v) is 6.71. The van der Waals surface area contributed by atoms with E-state index in [4.69, 9.17) is 7.85 Å². The van der Waals surface area contributed by atoms with Crippen LogP contribution in [0, 0.1) is 23.7 Å². The van der Waals surface area contributed by atoms with Crippen molar-refractivity contribution < 1.29 is 0 Å². The lowest BCUT2D eigenvalue weighted by Gasteiger charge is -2.27. The lowest BCUT2D eigenvalue weighted by molar-refractivity contribution is 0.271. The highest BCUT2D eigenvalue weighted by atomic mass is 14.5. The molecule has 86 valence electrons. The van der Waals surface area contributed by atoms with Crippen molar-refractivity contribution in [1.82, 2.24) is 0 Å². The predicted octanol–water partition coefficient (Wildman–Crippen LogP) is 4.13. The topological polar surface area (TPSA) is 0 Å². The molecule has 0 aromatic carbocycles. The molecule has 0 spiro atoms. The van der Waals surface area contributed by atoms with Gasteiger partial charge in [0.05, 0.1) is 7.85 Å². The third-order valence-corrected chi connectivity index (χ3v) is 5.37. The minimum atomic E-state index is 0.116. The van der Waals surface area contributed by atoms with Gasteiger partial charge in [0.2, 0.25) is 0 Å². The molecule has 16 heavy (non-hydrogen) atoms. The van der Waals surface area contributed by atoms with Crippen LogP contribution in [0.25, 0.3) is 0 Å². The van der Waals surface area contributed by atoms with Crippen LogP contribution in [0.2, 0.25) is 5.31 Å². The van der Waals surface area contributed by atoms with Crippen molar-refractivity contribution in [3.05, 3.63) is 12.2 Å². The van der Waals surface area contributed by atoms with Gasteiger partial charge < -0.3 is 0 Å². The van der Waals surface area contributed by atoms with E-state index in [1.165, 1.54) is 44.9 Å². The van der Waals surface area contributed by atoms with E-state index in [9.17, 15) is 0 Å². The van der Waals surface area contributed by atoms with Gasteiger partial charge in [0.1, 0.15) is 0 Å². The van der Waals surface area contributed by atoms with Crippen LogP contribution in [-0.4, -0.2) is 7.85 Å². The van der Waals surface area contributed by atoms with Crippen molar-refractivity contribution in [2.75, 3.05) is 0 Å². The Morgan fingerprint density at radius 3 is 2.00 bits per heavy atom. The standard InChI is InChI=1S/C15H23B/c1-15(16)8-2-4-13-11-6-7-12(10-11)14(13)5-3-9-15/h6-7,11-14H,2-5,8-10H2,1H3. The van der Waals surface area contributed by atoms with Crippen LogP contribution < -0.4 is 0 Å².